The second-order valence-corrected chi connectivity index (χ2v) is 14.7. The first kappa shape index (κ1) is 33.9. The van der Waals surface area contributed by atoms with Crippen molar-refractivity contribution < 1.29 is 29.5 Å². The summed E-state index contributed by atoms with van der Waals surface area (Å²) >= 11 is 3.50. The molecule has 3 fully saturated rings. The predicted molar refractivity (Wildman–Crippen MR) is 193 cm³/mol. The van der Waals surface area contributed by atoms with Crippen LogP contribution in [-0.4, -0.2) is 75.8 Å². The Labute approximate surface area is 296 Å². The first-order valence-electron chi connectivity index (χ1n) is 17.3. The third-order valence-corrected chi connectivity index (χ3v) is 11.3. The standard InChI is InChI=1S/C39H42BBrN2O6/c41-30-12-13-34(45)28(20-30)19-27(26-9-5-2-6-10-26)11-14-35-36-29(24-44)21-32-37(33(36)22-40(48)49-35)39(47)43(38(32)46)31-15-17-42(18-16-31)23-25-7-3-1-4-8-25/h1-10,12-13,19-20,31-33,35,37,44-45,48H,11,14-18,21-24H2/b27-19-/t32-,33+,35-,37-/m1/s1. The highest BCUT2D eigenvalue weighted by molar-refractivity contribution is 9.10. The molecule has 3 heterocycles. The highest BCUT2D eigenvalue weighted by Crippen LogP contribution is 2.51. The van der Waals surface area contributed by atoms with Gasteiger partial charge >= 0.3 is 7.12 Å². The van der Waals surface area contributed by atoms with Crippen LogP contribution in [0.3, 0.4) is 0 Å². The number of aliphatic hydroxyl groups is 1. The van der Waals surface area contributed by atoms with Crippen molar-refractivity contribution >= 4 is 46.5 Å². The number of phenols is 1. The van der Waals surface area contributed by atoms with Crippen LogP contribution in [0, 0.1) is 17.8 Å². The number of hydrogen-bond donors (Lipinski definition) is 3. The molecule has 3 aliphatic heterocycles. The summed E-state index contributed by atoms with van der Waals surface area (Å²) in [6, 6.07) is 25.4. The van der Waals surface area contributed by atoms with Crippen molar-refractivity contribution in [1.29, 1.82) is 0 Å². The topological polar surface area (TPSA) is 111 Å². The van der Waals surface area contributed by atoms with Crippen LogP contribution in [0.25, 0.3) is 11.6 Å². The molecule has 8 nitrogen and oxygen atoms in total. The van der Waals surface area contributed by atoms with Crippen LogP contribution in [0.15, 0.2) is 94.5 Å². The molecular weight excluding hydrogens is 683 g/mol. The lowest BCUT2D eigenvalue weighted by Gasteiger charge is -2.43. The van der Waals surface area contributed by atoms with Crippen LogP contribution in [0.2, 0.25) is 6.32 Å². The molecule has 0 aromatic heterocycles. The Bertz CT molecular complexity index is 1740. The molecule has 3 saturated heterocycles. The van der Waals surface area contributed by atoms with Gasteiger partial charge in [-0.3, -0.25) is 19.4 Å². The number of imide groups is 1. The zero-order valence-electron chi connectivity index (χ0n) is 27.5. The maximum absolute atomic E-state index is 14.2. The Morgan fingerprint density at radius 1 is 0.959 bits per heavy atom. The molecule has 0 bridgehead atoms. The number of carbonyl (C=O) groups is 2. The van der Waals surface area contributed by atoms with E-state index in [1.807, 2.05) is 60.7 Å². The quantitative estimate of drug-likeness (QED) is 0.109. The van der Waals surface area contributed by atoms with Crippen LogP contribution in [-0.2, 0) is 20.8 Å². The number of rotatable bonds is 9. The summed E-state index contributed by atoms with van der Waals surface area (Å²) in [6.07, 6.45) is 4.49. The highest BCUT2D eigenvalue weighted by atomic mass is 79.9. The Morgan fingerprint density at radius 2 is 1.67 bits per heavy atom. The van der Waals surface area contributed by atoms with Crippen molar-refractivity contribution in [2.24, 2.45) is 17.8 Å². The number of carbonyl (C=O) groups excluding carboxylic acids is 2. The SMILES string of the molecule is O=C1[C@@H]2[C@@H](CC(CO)=C3[C@@H](CC/C(=C/c4cc(Br)ccc4O)c4ccccc4)OB(O)C[C@@H]32)C(=O)N1C1CCN(Cc2ccccc2)CC1. The van der Waals surface area contributed by atoms with Gasteiger partial charge in [0, 0.05) is 35.7 Å². The van der Waals surface area contributed by atoms with Crippen molar-refractivity contribution in [1.82, 2.24) is 9.80 Å². The normalized spacial score (nSPS) is 25.2. The number of nitrogens with zero attached hydrogens (tertiary/aromatic N) is 2. The number of piperidine rings is 1. The number of fused-ring (bicyclic) bond motifs is 3. The molecule has 3 aromatic rings. The fourth-order valence-electron chi connectivity index (χ4n) is 8.54. The fraction of sp³-hybridized carbons (Fsp3) is 0.385. The van der Waals surface area contributed by atoms with Crippen molar-refractivity contribution in [3.8, 4) is 5.75 Å². The van der Waals surface area contributed by atoms with Crippen LogP contribution in [0.4, 0.5) is 0 Å². The van der Waals surface area contributed by atoms with E-state index in [1.54, 1.807) is 17.0 Å². The van der Waals surface area contributed by atoms with E-state index in [0.29, 0.717) is 24.8 Å². The van der Waals surface area contributed by atoms with Crippen LogP contribution in [0.5, 0.6) is 5.75 Å². The van der Waals surface area contributed by atoms with Crippen LogP contribution in [0.1, 0.15) is 48.8 Å². The predicted octanol–water partition coefficient (Wildman–Crippen LogP) is 5.93. The summed E-state index contributed by atoms with van der Waals surface area (Å²) in [7, 11) is -1.09. The number of likely N-dealkylation sites (tertiary alicyclic amines) is 2. The van der Waals surface area contributed by atoms with E-state index in [4.69, 9.17) is 4.65 Å². The molecule has 0 radical (unpaired) electrons. The molecule has 10 heteroatoms. The number of hydrogen-bond acceptors (Lipinski definition) is 7. The molecule has 0 spiro atoms. The van der Waals surface area contributed by atoms with Gasteiger partial charge in [-0.1, -0.05) is 76.6 Å². The van der Waals surface area contributed by atoms with E-state index >= 15 is 0 Å². The van der Waals surface area contributed by atoms with Gasteiger partial charge < -0.3 is 19.9 Å². The maximum atomic E-state index is 14.2. The summed E-state index contributed by atoms with van der Waals surface area (Å²) in [6.45, 7) is 2.24. The van der Waals surface area contributed by atoms with Crippen LogP contribution >= 0.6 is 15.9 Å². The highest BCUT2D eigenvalue weighted by Gasteiger charge is 2.58. The minimum atomic E-state index is -1.09. The summed E-state index contributed by atoms with van der Waals surface area (Å²) in [4.78, 5) is 32.2. The Kier molecular flexibility index (Phi) is 10.2. The largest absolute Gasteiger partial charge is 0.507 e. The number of benzene rings is 3. The lowest BCUT2D eigenvalue weighted by Crippen LogP contribution is -2.48. The molecule has 7 rings (SSSR count). The first-order chi connectivity index (χ1) is 23.8. The summed E-state index contributed by atoms with van der Waals surface area (Å²) in [5.74, 6) is -1.59. The maximum Gasteiger partial charge on any atom is 0.455 e. The van der Waals surface area contributed by atoms with Gasteiger partial charge in [0.05, 0.1) is 24.5 Å². The molecule has 3 aromatic carbocycles. The lowest BCUT2D eigenvalue weighted by molar-refractivity contribution is -0.144. The monoisotopic (exact) mass is 724 g/mol. The van der Waals surface area contributed by atoms with E-state index in [0.717, 1.165) is 59.2 Å². The minimum Gasteiger partial charge on any atom is -0.507 e. The number of allylic oxidation sites excluding steroid dienone is 1. The average molecular weight is 725 g/mol. The number of aromatic hydroxyl groups is 1. The van der Waals surface area contributed by atoms with E-state index in [1.165, 1.54) is 5.56 Å². The van der Waals surface area contributed by atoms with Crippen molar-refractivity contribution in [2.45, 2.75) is 57.1 Å². The molecule has 3 N–H and O–H groups in total. The number of aliphatic hydroxyl groups excluding tert-OH is 1. The molecule has 0 saturated carbocycles. The molecule has 49 heavy (non-hydrogen) atoms. The van der Waals surface area contributed by atoms with Gasteiger partial charge in [0.2, 0.25) is 11.8 Å². The van der Waals surface area contributed by atoms with Gasteiger partial charge in [0.25, 0.3) is 0 Å². The Balaban J connectivity index is 1.10. The zero-order chi connectivity index (χ0) is 34.1. The number of phenolic OH excluding ortho intramolecular Hbond substituents is 1. The molecule has 2 amide bonds. The third-order valence-electron chi connectivity index (χ3n) is 10.8. The second-order valence-electron chi connectivity index (χ2n) is 13.8. The van der Waals surface area contributed by atoms with Crippen molar-refractivity contribution in [2.75, 3.05) is 19.7 Å². The fourth-order valence-corrected chi connectivity index (χ4v) is 8.92. The lowest BCUT2D eigenvalue weighted by atomic mass is 9.58. The van der Waals surface area contributed by atoms with Gasteiger partial charge in [-0.25, -0.2) is 0 Å². The van der Waals surface area contributed by atoms with Gasteiger partial charge in [-0.05, 0) is 96.5 Å². The summed E-state index contributed by atoms with van der Waals surface area (Å²) in [5, 5.41) is 32.2. The summed E-state index contributed by atoms with van der Waals surface area (Å²) in [5.41, 5.74) is 5.52. The van der Waals surface area contributed by atoms with E-state index in [-0.39, 0.29) is 42.5 Å². The van der Waals surface area contributed by atoms with Gasteiger partial charge in [-0.2, -0.15) is 0 Å². The van der Waals surface area contributed by atoms with E-state index in [9.17, 15) is 24.8 Å². The molecular formula is C39H42BBrN2O6. The van der Waals surface area contributed by atoms with Gasteiger partial charge in [0.15, 0.2) is 0 Å². The zero-order valence-corrected chi connectivity index (χ0v) is 29.0. The Morgan fingerprint density at radius 3 is 2.39 bits per heavy atom. The van der Waals surface area contributed by atoms with Gasteiger partial charge in [-0.15, -0.1) is 0 Å². The second kappa shape index (κ2) is 14.8. The molecule has 254 valence electrons. The number of halogens is 1. The first-order valence-corrected chi connectivity index (χ1v) is 18.1. The molecule has 0 unspecified atom stereocenters. The summed E-state index contributed by atoms with van der Waals surface area (Å²) < 4.78 is 7.02. The smallest absolute Gasteiger partial charge is 0.455 e. The molecule has 1 aliphatic carbocycles. The third kappa shape index (κ3) is 7.07. The van der Waals surface area contributed by atoms with Crippen LogP contribution < -0.4 is 0 Å². The average Bonchev–Trinajstić information content (AvgIpc) is 3.37. The van der Waals surface area contributed by atoms with Gasteiger partial charge in [0.1, 0.15) is 5.75 Å². The van der Waals surface area contributed by atoms with Crippen molar-refractivity contribution in [3.05, 3.63) is 111 Å². The minimum absolute atomic E-state index is 0.137. The number of amides is 2. The Hall–Kier alpha value is -3.54. The van der Waals surface area contributed by atoms with Crippen molar-refractivity contribution in [3.63, 3.8) is 0 Å². The van der Waals surface area contributed by atoms with E-state index in [2.05, 4.69) is 33.0 Å². The molecule has 4 aliphatic rings. The molecule has 4 atom stereocenters. The van der Waals surface area contributed by atoms with E-state index < -0.39 is 25.1 Å².